The van der Waals surface area contributed by atoms with Crippen LogP contribution >= 0.6 is 0 Å². The number of rotatable bonds is 6. The third kappa shape index (κ3) is 4.74. The first-order chi connectivity index (χ1) is 8.67. The number of pyridine rings is 1. The maximum Gasteiger partial charge on any atom is 0.0435 e. The van der Waals surface area contributed by atoms with Gasteiger partial charge < -0.3 is 5.32 Å². The van der Waals surface area contributed by atoms with Crippen molar-refractivity contribution < 1.29 is 0 Å². The molecule has 1 rings (SSSR count). The zero-order chi connectivity index (χ0) is 13.4. The molecule has 0 spiro atoms. The van der Waals surface area contributed by atoms with Gasteiger partial charge in [-0.3, -0.25) is 4.98 Å². The van der Waals surface area contributed by atoms with Crippen molar-refractivity contribution in [3.63, 3.8) is 0 Å². The minimum Gasteiger partial charge on any atom is -0.388 e. The van der Waals surface area contributed by atoms with Gasteiger partial charge >= 0.3 is 0 Å². The molecule has 1 aromatic heterocycles. The lowest BCUT2D eigenvalue weighted by Crippen LogP contribution is -2.03. The van der Waals surface area contributed by atoms with Crippen molar-refractivity contribution in [3.05, 3.63) is 53.5 Å². The quantitative estimate of drug-likeness (QED) is 0.766. The molecule has 0 radical (unpaired) electrons. The molecular weight excluding hydrogens is 220 g/mol. The summed E-state index contributed by atoms with van der Waals surface area (Å²) >= 11 is 0. The molecule has 1 unspecified atom stereocenters. The van der Waals surface area contributed by atoms with Gasteiger partial charge in [0, 0.05) is 30.6 Å². The van der Waals surface area contributed by atoms with Gasteiger partial charge in [0.25, 0.3) is 0 Å². The number of aryl methyl sites for hydroxylation is 1. The monoisotopic (exact) mass is 244 g/mol. The van der Waals surface area contributed by atoms with Crippen LogP contribution in [-0.4, -0.2) is 12.0 Å². The summed E-state index contributed by atoms with van der Waals surface area (Å²) in [4.78, 5) is 4.47. The fourth-order valence-corrected chi connectivity index (χ4v) is 1.76. The third-order valence-corrected chi connectivity index (χ3v) is 2.94. The fraction of sp³-hybridized carbons (Fsp3) is 0.438. The van der Waals surface area contributed by atoms with Crippen molar-refractivity contribution in [2.24, 2.45) is 0 Å². The minimum atomic E-state index is 0.460. The average Bonchev–Trinajstić information content (AvgIpc) is 2.38. The number of nitrogens with zero attached hydrogens (tertiary/aromatic N) is 1. The molecule has 0 aliphatic heterocycles. The summed E-state index contributed by atoms with van der Waals surface area (Å²) in [6.07, 6.45) is 10.5. The van der Waals surface area contributed by atoms with Crippen LogP contribution in [0.25, 0.3) is 0 Å². The Bertz CT molecular complexity index is 402. The smallest absolute Gasteiger partial charge is 0.0435 e. The molecule has 2 nitrogen and oxygen atoms in total. The zero-order valence-corrected chi connectivity index (χ0v) is 11.9. The number of hydrogen-bond acceptors (Lipinski definition) is 2. The highest BCUT2D eigenvalue weighted by Crippen LogP contribution is 2.17. The van der Waals surface area contributed by atoms with Crippen molar-refractivity contribution in [3.8, 4) is 0 Å². The molecule has 0 saturated heterocycles. The van der Waals surface area contributed by atoms with Crippen LogP contribution in [-0.2, 0) is 0 Å². The van der Waals surface area contributed by atoms with Gasteiger partial charge in [0.15, 0.2) is 0 Å². The van der Waals surface area contributed by atoms with E-state index in [1.165, 1.54) is 11.3 Å². The van der Waals surface area contributed by atoms with Crippen molar-refractivity contribution in [1.29, 1.82) is 0 Å². The van der Waals surface area contributed by atoms with Crippen molar-refractivity contribution in [2.45, 2.75) is 39.5 Å². The van der Waals surface area contributed by atoms with Gasteiger partial charge in [-0.05, 0) is 37.5 Å². The van der Waals surface area contributed by atoms with Crippen LogP contribution in [0.2, 0.25) is 0 Å². The van der Waals surface area contributed by atoms with E-state index < -0.39 is 0 Å². The lowest BCUT2D eigenvalue weighted by molar-refractivity contribution is 0.747. The first-order valence-corrected chi connectivity index (χ1v) is 6.64. The molecule has 2 heteroatoms. The lowest BCUT2D eigenvalue weighted by atomic mass is 10.0. The van der Waals surface area contributed by atoms with E-state index in [1.807, 2.05) is 13.2 Å². The van der Waals surface area contributed by atoms with Crippen molar-refractivity contribution >= 4 is 0 Å². The van der Waals surface area contributed by atoms with E-state index in [9.17, 15) is 0 Å². The number of hydrogen-bond donors (Lipinski definition) is 1. The van der Waals surface area contributed by atoms with E-state index in [0.29, 0.717) is 5.92 Å². The van der Waals surface area contributed by atoms with Gasteiger partial charge in [0.1, 0.15) is 0 Å². The number of aromatic nitrogens is 1. The predicted octanol–water partition coefficient (Wildman–Crippen LogP) is 3.95. The van der Waals surface area contributed by atoms with Crippen molar-refractivity contribution in [2.75, 3.05) is 7.05 Å². The second kappa shape index (κ2) is 7.70. The van der Waals surface area contributed by atoms with Crippen LogP contribution in [0.1, 0.15) is 43.9 Å². The van der Waals surface area contributed by atoms with E-state index in [-0.39, 0.29) is 0 Å². The van der Waals surface area contributed by atoms with Crippen LogP contribution in [0.5, 0.6) is 0 Å². The number of nitrogens with one attached hydrogen (secondary N) is 1. The second-order valence-electron chi connectivity index (χ2n) is 4.62. The van der Waals surface area contributed by atoms with Gasteiger partial charge in [-0.1, -0.05) is 32.1 Å². The maximum absolute atomic E-state index is 4.47. The summed E-state index contributed by atoms with van der Waals surface area (Å²) < 4.78 is 0. The van der Waals surface area contributed by atoms with E-state index in [4.69, 9.17) is 0 Å². The largest absolute Gasteiger partial charge is 0.388 e. The van der Waals surface area contributed by atoms with E-state index in [0.717, 1.165) is 18.5 Å². The summed E-state index contributed by atoms with van der Waals surface area (Å²) in [7, 11) is 1.96. The van der Waals surface area contributed by atoms with E-state index >= 15 is 0 Å². The minimum absolute atomic E-state index is 0.460. The molecular formula is C16H24N2. The van der Waals surface area contributed by atoms with Gasteiger partial charge in [-0.2, -0.15) is 0 Å². The molecule has 0 fully saturated rings. The van der Waals surface area contributed by atoms with Crippen LogP contribution in [0.3, 0.4) is 0 Å². The Morgan fingerprint density at radius 2 is 2.22 bits per heavy atom. The summed E-state index contributed by atoms with van der Waals surface area (Å²) in [6.45, 7) is 6.42. The standard InChI is InChI=1S/C16H24N2/c1-5-7-15(17-4)9-6-8-14(3)16-11-10-13(2)12-18-16/h6-7,9-12,14,17H,5,8H2,1-4H3/b9-6-,15-7+. The van der Waals surface area contributed by atoms with Gasteiger partial charge in [0.2, 0.25) is 0 Å². The molecule has 1 heterocycles. The summed E-state index contributed by atoms with van der Waals surface area (Å²) in [5, 5.41) is 3.18. The Morgan fingerprint density at radius 3 is 2.78 bits per heavy atom. The van der Waals surface area contributed by atoms with Crippen LogP contribution in [0, 0.1) is 6.92 Å². The Kier molecular flexibility index (Phi) is 6.20. The Balaban J connectivity index is 2.55. The Hall–Kier alpha value is -1.57. The van der Waals surface area contributed by atoms with E-state index in [1.54, 1.807) is 0 Å². The highest BCUT2D eigenvalue weighted by Gasteiger charge is 2.04. The molecule has 0 aliphatic carbocycles. The van der Waals surface area contributed by atoms with Gasteiger partial charge in [-0.25, -0.2) is 0 Å². The molecule has 0 aromatic carbocycles. The SMILES string of the molecule is CC/C=C(\C=C/CC(C)c1ccc(C)cn1)NC. The Labute approximate surface area is 111 Å². The van der Waals surface area contributed by atoms with Crippen LogP contribution in [0.15, 0.2) is 42.3 Å². The third-order valence-electron chi connectivity index (χ3n) is 2.94. The normalized spacial score (nSPS) is 13.9. The first kappa shape index (κ1) is 14.5. The number of likely N-dealkylation sites (N-methyl/N-ethyl adjacent to an activating group) is 1. The molecule has 0 aliphatic rings. The predicted molar refractivity (Wildman–Crippen MR) is 78.6 cm³/mol. The maximum atomic E-state index is 4.47. The topological polar surface area (TPSA) is 24.9 Å². The molecule has 0 saturated carbocycles. The van der Waals surface area contributed by atoms with E-state index in [2.05, 4.69) is 61.4 Å². The van der Waals surface area contributed by atoms with Crippen molar-refractivity contribution in [1.82, 2.24) is 10.3 Å². The average molecular weight is 244 g/mol. The summed E-state index contributed by atoms with van der Waals surface area (Å²) in [5.74, 6) is 0.460. The first-order valence-electron chi connectivity index (χ1n) is 6.64. The molecule has 1 atom stereocenters. The molecule has 0 bridgehead atoms. The van der Waals surface area contributed by atoms with Gasteiger partial charge in [-0.15, -0.1) is 0 Å². The highest BCUT2D eigenvalue weighted by molar-refractivity contribution is 5.19. The van der Waals surface area contributed by atoms with Crippen LogP contribution < -0.4 is 5.32 Å². The Morgan fingerprint density at radius 1 is 1.44 bits per heavy atom. The van der Waals surface area contributed by atoms with Crippen LogP contribution in [0.4, 0.5) is 0 Å². The molecule has 1 N–H and O–H groups in total. The second-order valence-corrected chi connectivity index (χ2v) is 4.62. The molecule has 1 aromatic rings. The molecule has 98 valence electrons. The number of allylic oxidation sites excluding steroid dienone is 3. The lowest BCUT2D eigenvalue weighted by Gasteiger charge is -2.08. The fourth-order valence-electron chi connectivity index (χ4n) is 1.76. The van der Waals surface area contributed by atoms with Gasteiger partial charge in [0.05, 0.1) is 0 Å². The molecule has 0 amide bonds. The molecule has 18 heavy (non-hydrogen) atoms. The summed E-state index contributed by atoms with van der Waals surface area (Å²) in [6, 6.07) is 4.24. The summed E-state index contributed by atoms with van der Waals surface area (Å²) in [5.41, 5.74) is 3.56. The zero-order valence-electron chi connectivity index (χ0n) is 11.9. The highest BCUT2D eigenvalue weighted by atomic mass is 14.8.